The first-order valence-electron chi connectivity index (χ1n) is 7.39. The van der Waals surface area contributed by atoms with E-state index in [-0.39, 0.29) is 11.5 Å². The maximum Gasteiger partial charge on any atom is 0.0672 e. The van der Waals surface area contributed by atoms with Gasteiger partial charge in [-0.3, -0.25) is 16.3 Å². The highest BCUT2D eigenvalue weighted by molar-refractivity contribution is 5.28. The molecule has 0 saturated heterocycles. The highest BCUT2D eigenvalue weighted by Gasteiger charge is 2.15. The van der Waals surface area contributed by atoms with Crippen LogP contribution in [-0.2, 0) is 11.8 Å². The van der Waals surface area contributed by atoms with Crippen molar-refractivity contribution in [1.82, 2.24) is 10.4 Å². The van der Waals surface area contributed by atoms with Gasteiger partial charge in [-0.25, -0.2) is 0 Å². The summed E-state index contributed by atoms with van der Waals surface area (Å²) in [6.07, 6.45) is 0.831. The molecule has 3 nitrogen and oxygen atoms in total. The lowest BCUT2D eigenvalue weighted by atomic mass is 9.86. The summed E-state index contributed by atoms with van der Waals surface area (Å²) in [5.74, 6) is 5.71. The Hall–Kier alpha value is -1.71. The molecule has 0 spiro atoms. The summed E-state index contributed by atoms with van der Waals surface area (Å²) < 4.78 is 0. The molecular formula is C18H25N3. The van der Waals surface area contributed by atoms with Crippen molar-refractivity contribution < 1.29 is 0 Å². The molecule has 0 fully saturated rings. The minimum atomic E-state index is 0.0328. The molecule has 112 valence electrons. The van der Waals surface area contributed by atoms with E-state index in [1.165, 1.54) is 11.1 Å². The van der Waals surface area contributed by atoms with Crippen molar-refractivity contribution in [2.75, 3.05) is 0 Å². The lowest BCUT2D eigenvalue weighted by Crippen LogP contribution is -2.30. The van der Waals surface area contributed by atoms with Gasteiger partial charge in [0.25, 0.3) is 0 Å². The van der Waals surface area contributed by atoms with Crippen LogP contribution in [0.4, 0.5) is 0 Å². The zero-order chi connectivity index (χ0) is 15.5. The summed E-state index contributed by atoms with van der Waals surface area (Å²) in [5, 5.41) is 0. The number of pyridine rings is 1. The largest absolute Gasteiger partial charge is 0.271 e. The maximum absolute atomic E-state index is 5.71. The van der Waals surface area contributed by atoms with Crippen LogP contribution < -0.4 is 11.3 Å². The fourth-order valence-electron chi connectivity index (χ4n) is 2.38. The third kappa shape index (κ3) is 4.13. The molecule has 1 aromatic heterocycles. The van der Waals surface area contributed by atoms with E-state index in [9.17, 15) is 0 Å². The SMILES string of the molecule is Cc1cccc(C(Cc2ccc(C(C)(C)C)cc2)NN)n1. The van der Waals surface area contributed by atoms with Gasteiger partial charge in [-0.15, -0.1) is 0 Å². The molecule has 1 atom stereocenters. The second-order valence-electron chi connectivity index (χ2n) is 6.57. The molecule has 1 aromatic carbocycles. The van der Waals surface area contributed by atoms with E-state index in [0.29, 0.717) is 0 Å². The van der Waals surface area contributed by atoms with Gasteiger partial charge in [0, 0.05) is 5.69 Å². The van der Waals surface area contributed by atoms with E-state index < -0.39 is 0 Å². The maximum atomic E-state index is 5.71. The number of nitrogens with zero attached hydrogens (tertiary/aromatic N) is 1. The fourth-order valence-corrected chi connectivity index (χ4v) is 2.38. The van der Waals surface area contributed by atoms with E-state index in [0.717, 1.165) is 17.8 Å². The highest BCUT2D eigenvalue weighted by Crippen LogP contribution is 2.23. The number of hydrazine groups is 1. The Labute approximate surface area is 127 Å². The van der Waals surface area contributed by atoms with Gasteiger partial charge < -0.3 is 0 Å². The Balaban J connectivity index is 2.15. The molecule has 1 heterocycles. The fraction of sp³-hybridized carbons (Fsp3) is 0.389. The average molecular weight is 283 g/mol. The molecule has 2 aromatic rings. The van der Waals surface area contributed by atoms with Crippen LogP contribution in [0, 0.1) is 6.92 Å². The molecule has 21 heavy (non-hydrogen) atoms. The Kier molecular flexibility index (Phi) is 4.76. The van der Waals surface area contributed by atoms with Crippen LogP contribution in [0.15, 0.2) is 42.5 Å². The topological polar surface area (TPSA) is 50.9 Å². The van der Waals surface area contributed by atoms with Gasteiger partial charge in [-0.05, 0) is 42.0 Å². The molecule has 0 aliphatic carbocycles. The Morgan fingerprint density at radius 3 is 2.29 bits per heavy atom. The highest BCUT2D eigenvalue weighted by atomic mass is 15.2. The lowest BCUT2D eigenvalue weighted by molar-refractivity contribution is 0.536. The predicted octanol–water partition coefficient (Wildman–Crippen LogP) is 3.43. The van der Waals surface area contributed by atoms with Gasteiger partial charge in [0.2, 0.25) is 0 Å². The molecule has 0 saturated carbocycles. The number of aryl methyl sites for hydroxylation is 1. The van der Waals surface area contributed by atoms with Crippen LogP contribution in [-0.4, -0.2) is 4.98 Å². The molecule has 1 unspecified atom stereocenters. The Bertz CT molecular complexity index is 582. The molecule has 0 aliphatic rings. The summed E-state index contributed by atoms with van der Waals surface area (Å²) >= 11 is 0. The van der Waals surface area contributed by atoms with Crippen LogP contribution in [0.25, 0.3) is 0 Å². The molecule has 0 aliphatic heterocycles. The van der Waals surface area contributed by atoms with Crippen LogP contribution in [0.2, 0.25) is 0 Å². The Morgan fingerprint density at radius 2 is 1.76 bits per heavy atom. The number of rotatable bonds is 4. The summed E-state index contributed by atoms with van der Waals surface area (Å²) in [7, 11) is 0. The monoisotopic (exact) mass is 283 g/mol. The molecular weight excluding hydrogens is 258 g/mol. The van der Waals surface area contributed by atoms with Crippen LogP contribution >= 0.6 is 0 Å². The van der Waals surface area contributed by atoms with Crippen LogP contribution in [0.5, 0.6) is 0 Å². The zero-order valence-corrected chi connectivity index (χ0v) is 13.4. The summed E-state index contributed by atoms with van der Waals surface area (Å²) in [4.78, 5) is 4.55. The number of nitrogens with one attached hydrogen (secondary N) is 1. The van der Waals surface area contributed by atoms with Gasteiger partial charge in [-0.2, -0.15) is 0 Å². The molecule has 0 radical (unpaired) electrons. The average Bonchev–Trinajstić information content (AvgIpc) is 2.44. The first-order chi connectivity index (χ1) is 9.90. The predicted molar refractivity (Wildman–Crippen MR) is 87.9 cm³/mol. The van der Waals surface area contributed by atoms with Crippen molar-refractivity contribution in [3.05, 3.63) is 65.0 Å². The van der Waals surface area contributed by atoms with Crippen molar-refractivity contribution in [3.63, 3.8) is 0 Å². The normalized spacial score (nSPS) is 13.2. The van der Waals surface area contributed by atoms with Crippen molar-refractivity contribution in [2.24, 2.45) is 5.84 Å². The third-order valence-corrected chi connectivity index (χ3v) is 3.73. The van der Waals surface area contributed by atoms with Crippen molar-refractivity contribution >= 4 is 0 Å². The Morgan fingerprint density at radius 1 is 1.10 bits per heavy atom. The summed E-state index contributed by atoms with van der Waals surface area (Å²) in [5.41, 5.74) is 7.66. The number of hydrogen-bond donors (Lipinski definition) is 2. The number of aromatic nitrogens is 1. The van der Waals surface area contributed by atoms with Crippen LogP contribution in [0.1, 0.15) is 49.3 Å². The molecule has 0 bridgehead atoms. The van der Waals surface area contributed by atoms with Gasteiger partial charge >= 0.3 is 0 Å². The van der Waals surface area contributed by atoms with E-state index in [1.54, 1.807) is 0 Å². The number of hydrogen-bond acceptors (Lipinski definition) is 3. The standard InChI is InChI=1S/C18H25N3/c1-13-6-5-7-16(20-13)17(21-19)12-14-8-10-15(11-9-14)18(2,3)4/h5-11,17,21H,12,19H2,1-4H3. The first kappa shape index (κ1) is 15.7. The van der Waals surface area contributed by atoms with E-state index in [1.807, 2.05) is 25.1 Å². The molecule has 3 heteroatoms. The van der Waals surface area contributed by atoms with Gasteiger partial charge in [0.05, 0.1) is 11.7 Å². The smallest absolute Gasteiger partial charge is 0.0672 e. The molecule has 2 rings (SSSR count). The van der Waals surface area contributed by atoms with Gasteiger partial charge in [0.15, 0.2) is 0 Å². The third-order valence-electron chi connectivity index (χ3n) is 3.73. The number of nitrogens with two attached hydrogens (primary N) is 1. The van der Waals surface area contributed by atoms with Gasteiger partial charge in [0.1, 0.15) is 0 Å². The second kappa shape index (κ2) is 6.37. The van der Waals surface area contributed by atoms with E-state index >= 15 is 0 Å². The summed E-state index contributed by atoms with van der Waals surface area (Å²) in [6, 6.07) is 14.8. The van der Waals surface area contributed by atoms with Crippen molar-refractivity contribution in [2.45, 2.75) is 45.6 Å². The lowest BCUT2D eigenvalue weighted by Gasteiger charge is -2.20. The first-order valence-corrected chi connectivity index (χ1v) is 7.39. The zero-order valence-electron chi connectivity index (χ0n) is 13.4. The van der Waals surface area contributed by atoms with Crippen LogP contribution in [0.3, 0.4) is 0 Å². The van der Waals surface area contributed by atoms with Crippen molar-refractivity contribution in [3.8, 4) is 0 Å². The number of benzene rings is 1. The molecule has 0 amide bonds. The quantitative estimate of drug-likeness (QED) is 0.667. The van der Waals surface area contributed by atoms with Gasteiger partial charge in [-0.1, -0.05) is 51.1 Å². The second-order valence-corrected chi connectivity index (χ2v) is 6.57. The minimum Gasteiger partial charge on any atom is -0.271 e. The van der Waals surface area contributed by atoms with Crippen molar-refractivity contribution in [1.29, 1.82) is 0 Å². The van der Waals surface area contributed by atoms with E-state index in [4.69, 9.17) is 5.84 Å². The van der Waals surface area contributed by atoms with E-state index in [2.05, 4.69) is 55.4 Å². The summed E-state index contributed by atoms with van der Waals surface area (Å²) in [6.45, 7) is 8.67. The minimum absolute atomic E-state index is 0.0328. The molecule has 3 N–H and O–H groups in total.